The fourth-order valence-corrected chi connectivity index (χ4v) is 0.186. The summed E-state index contributed by atoms with van der Waals surface area (Å²) in [5.41, 5.74) is 0. The Balaban J connectivity index is 3.25. The van der Waals surface area contributed by atoms with E-state index in [2.05, 4.69) is 4.89 Å². The van der Waals surface area contributed by atoms with Crippen LogP contribution in [0.15, 0.2) is 12.3 Å². The molecule has 0 aliphatic carbocycles. The lowest BCUT2D eigenvalue weighted by molar-refractivity contribution is -0.233. The van der Waals surface area contributed by atoms with E-state index in [0.29, 0.717) is 6.26 Å². The summed E-state index contributed by atoms with van der Waals surface area (Å²) in [6, 6.07) is 0. The van der Waals surface area contributed by atoms with Crippen LogP contribution in [0.5, 0.6) is 0 Å². The van der Waals surface area contributed by atoms with Crippen LogP contribution in [0.25, 0.3) is 0 Å². The minimum Gasteiger partial charge on any atom is -0.516 e. The van der Waals surface area contributed by atoms with E-state index in [9.17, 15) is 4.79 Å². The Hall–Kier alpha value is -1.03. The molecule has 4 heteroatoms. The Kier molecular flexibility index (Phi) is 3.60. The number of rotatable bonds is 2. The quantitative estimate of drug-likeness (QED) is 0.314. The molecular weight excluding hydrogens is 112 g/mol. The lowest BCUT2D eigenvalue weighted by Crippen LogP contribution is -1.97. The molecule has 8 heavy (non-hydrogen) atoms. The second-order valence-electron chi connectivity index (χ2n) is 1.05. The second-order valence-corrected chi connectivity index (χ2v) is 1.05. The highest BCUT2D eigenvalue weighted by Gasteiger charge is 1.94. The zero-order valence-electron chi connectivity index (χ0n) is 4.07. The molecule has 0 atom stereocenters. The first kappa shape index (κ1) is 6.97. The van der Waals surface area contributed by atoms with Gasteiger partial charge in [0.05, 0.1) is 12.7 Å². The van der Waals surface area contributed by atoms with Gasteiger partial charge in [0.15, 0.2) is 0 Å². The number of aliphatic hydroxyl groups is 1. The lowest BCUT2D eigenvalue weighted by atomic mass is 10.4. The molecule has 0 aromatic heterocycles. The van der Waals surface area contributed by atoms with Gasteiger partial charge in [0.2, 0.25) is 0 Å². The number of hydrogen-bond donors (Lipinski definition) is 2. The average molecular weight is 118 g/mol. The van der Waals surface area contributed by atoms with Gasteiger partial charge in [-0.2, -0.15) is 5.26 Å². The van der Waals surface area contributed by atoms with E-state index in [-0.39, 0.29) is 6.42 Å². The van der Waals surface area contributed by atoms with Crippen LogP contribution in [0.2, 0.25) is 0 Å². The van der Waals surface area contributed by atoms with Crippen LogP contribution < -0.4 is 0 Å². The molecule has 0 rings (SSSR count). The summed E-state index contributed by atoms with van der Waals surface area (Å²) in [6.07, 6.45) is 1.74. The van der Waals surface area contributed by atoms with Gasteiger partial charge in [-0.15, -0.1) is 0 Å². The molecule has 0 aromatic carbocycles. The van der Waals surface area contributed by atoms with Gasteiger partial charge in [-0.05, 0) is 6.08 Å². The summed E-state index contributed by atoms with van der Waals surface area (Å²) >= 11 is 0. The van der Waals surface area contributed by atoms with Gasteiger partial charge in [0, 0.05) is 0 Å². The normalized spacial score (nSPS) is 9.62. The highest BCUT2D eigenvalue weighted by Crippen LogP contribution is 1.83. The topological polar surface area (TPSA) is 66.8 Å². The molecule has 0 amide bonds. The van der Waals surface area contributed by atoms with Crippen molar-refractivity contribution in [1.82, 2.24) is 0 Å². The predicted octanol–water partition coefficient (Wildman–Crippen LogP) is 0.464. The lowest BCUT2D eigenvalue weighted by Gasteiger charge is -1.85. The predicted molar refractivity (Wildman–Crippen MR) is 25.1 cm³/mol. The molecule has 4 nitrogen and oxygen atoms in total. The Morgan fingerprint density at radius 1 is 1.75 bits per heavy atom. The summed E-state index contributed by atoms with van der Waals surface area (Å²) in [5, 5.41) is 15.5. The standard InChI is InChI=1S/C4H6O4/c5-3-1-2-4(6)8-7/h1,3,5,7H,2H2. The molecule has 0 fully saturated rings. The minimum absolute atomic E-state index is 0.118. The van der Waals surface area contributed by atoms with Gasteiger partial charge in [0.25, 0.3) is 0 Å². The summed E-state index contributed by atoms with van der Waals surface area (Å²) in [4.78, 5) is 13.2. The molecule has 0 aliphatic heterocycles. The number of hydrogen-bond acceptors (Lipinski definition) is 4. The molecule has 0 heterocycles. The first-order valence-corrected chi connectivity index (χ1v) is 1.94. The van der Waals surface area contributed by atoms with Gasteiger partial charge in [-0.1, -0.05) is 0 Å². The van der Waals surface area contributed by atoms with Crippen LogP contribution in [0.4, 0.5) is 0 Å². The second kappa shape index (κ2) is 4.14. The molecule has 0 radical (unpaired) electrons. The third kappa shape index (κ3) is 3.17. The van der Waals surface area contributed by atoms with Crippen molar-refractivity contribution < 1.29 is 20.0 Å². The molecule has 0 saturated heterocycles. The largest absolute Gasteiger partial charge is 0.516 e. The van der Waals surface area contributed by atoms with E-state index in [4.69, 9.17) is 10.4 Å². The van der Waals surface area contributed by atoms with Crippen LogP contribution >= 0.6 is 0 Å². The Morgan fingerprint density at radius 2 is 2.38 bits per heavy atom. The van der Waals surface area contributed by atoms with Crippen LogP contribution in [0, 0.1) is 0 Å². The third-order valence-electron chi connectivity index (χ3n) is 0.492. The highest BCUT2D eigenvalue weighted by atomic mass is 17.1. The molecule has 0 unspecified atom stereocenters. The van der Waals surface area contributed by atoms with Crippen LogP contribution in [0.1, 0.15) is 6.42 Å². The zero-order chi connectivity index (χ0) is 6.41. The first-order valence-electron chi connectivity index (χ1n) is 1.94. The van der Waals surface area contributed by atoms with Gasteiger partial charge >= 0.3 is 5.97 Å². The molecule has 0 bridgehead atoms. The van der Waals surface area contributed by atoms with Crippen molar-refractivity contribution in [3.63, 3.8) is 0 Å². The van der Waals surface area contributed by atoms with Gasteiger partial charge in [-0.3, -0.25) is 0 Å². The number of carbonyl (C=O) groups excluding carboxylic acids is 1. The van der Waals surface area contributed by atoms with Crippen LogP contribution in [-0.2, 0) is 9.68 Å². The van der Waals surface area contributed by atoms with Crippen LogP contribution in [0.3, 0.4) is 0 Å². The maximum absolute atomic E-state index is 9.94. The molecule has 0 aromatic rings. The average Bonchev–Trinajstić information content (AvgIpc) is 1.83. The van der Waals surface area contributed by atoms with Crippen molar-refractivity contribution in [2.75, 3.05) is 0 Å². The van der Waals surface area contributed by atoms with Crippen molar-refractivity contribution in [1.29, 1.82) is 0 Å². The van der Waals surface area contributed by atoms with Gasteiger partial charge in [-0.25, -0.2) is 4.79 Å². The SMILES string of the molecule is O=C(CC=CO)OO. The van der Waals surface area contributed by atoms with E-state index < -0.39 is 5.97 Å². The van der Waals surface area contributed by atoms with E-state index in [0.717, 1.165) is 6.08 Å². The monoisotopic (exact) mass is 118 g/mol. The Bertz CT molecular complexity index is 96.2. The zero-order valence-corrected chi connectivity index (χ0v) is 4.07. The van der Waals surface area contributed by atoms with E-state index in [1.807, 2.05) is 0 Å². The molecule has 2 N–H and O–H groups in total. The molecule has 46 valence electrons. The van der Waals surface area contributed by atoms with Crippen molar-refractivity contribution in [2.24, 2.45) is 0 Å². The third-order valence-corrected chi connectivity index (χ3v) is 0.492. The summed E-state index contributed by atoms with van der Waals surface area (Å²) < 4.78 is 0. The summed E-state index contributed by atoms with van der Waals surface area (Å²) in [5.74, 6) is -0.796. The molecular formula is C4H6O4. The number of carbonyl (C=O) groups is 1. The Labute approximate surface area is 45.9 Å². The van der Waals surface area contributed by atoms with Crippen LogP contribution in [-0.4, -0.2) is 16.3 Å². The fraction of sp³-hybridized carbons (Fsp3) is 0.250. The molecule has 0 aliphatic rings. The fourth-order valence-electron chi connectivity index (χ4n) is 0.186. The van der Waals surface area contributed by atoms with Crippen molar-refractivity contribution >= 4 is 5.97 Å². The summed E-state index contributed by atoms with van der Waals surface area (Å²) in [7, 11) is 0. The number of aliphatic hydroxyl groups excluding tert-OH is 1. The van der Waals surface area contributed by atoms with E-state index >= 15 is 0 Å². The van der Waals surface area contributed by atoms with Crippen molar-refractivity contribution in [2.45, 2.75) is 6.42 Å². The van der Waals surface area contributed by atoms with Crippen molar-refractivity contribution in [3.8, 4) is 0 Å². The maximum atomic E-state index is 9.94. The molecule has 0 saturated carbocycles. The van der Waals surface area contributed by atoms with E-state index in [1.54, 1.807) is 0 Å². The Morgan fingerprint density at radius 3 is 2.75 bits per heavy atom. The summed E-state index contributed by atoms with van der Waals surface area (Å²) in [6.45, 7) is 0. The first-order chi connectivity index (χ1) is 3.81. The maximum Gasteiger partial charge on any atom is 0.345 e. The molecule has 0 spiro atoms. The van der Waals surface area contributed by atoms with E-state index in [1.165, 1.54) is 0 Å². The smallest absolute Gasteiger partial charge is 0.345 e. The van der Waals surface area contributed by atoms with Crippen molar-refractivity contribution in [3.05, 3.63) is 12.3 Å². The van der Waals surface area contributed by atoms with Gasteiger partial charge < -0.3 is 9.99 Å². The van der Waals surface area contributed by atoms with Gasteiger partial charge in [0.1, 0.15) is 0 Å². The highest BCUT2D eigenvalue weighted by molar-refractivity contribution is 5.70. The minimum atomic E-state index is -0.796.